The van der Waals surface area contributed by atoms with E-state index in [1.165, 1.54) is 0 Å². The Morgan fingerprint density at radius 2 is 1.92 bits per heavy atom. The fourth-order valence-corrected chi connectivity index (χ4v) is 3.47. The highest BCUT2D eigenvalue weighted by atomic mass is 16.2. The first-order valence-electron chi connectivity index (χ1n) is 8.44. The number of carbonyl (C=O) groups is 2. The molecule has 5 heteroatoms. The topological polar surface area (TPSA) is 75.4 Å². The van der Waals surface area contributed by atoms with Crippen molar-refractivity contribution in [2.24, 2.45) is 5.73 Å². The molecule has 1 aliphatic heterocycles. The van der Waals surface area contributed by atoms with Gasteiger partial charge in [0.15, 0.2) is 0 Å². The van der Waals surface area contributed by atoms with Gasteiger partial charge >= 0.3 is 6.03 Å². The molecule has 3 N–H and O–H groups in total. The van der Waals surface area contributed by atoms with Crippen LogP contribution in [-0.2, 0) is 11.2 Å². The van der Waals surface area contributed by atoms with Crippen LogP contribution < -0.4 is 11.1 Å². The Morgan fingerprint density at radius 1 is 1.12 bits per heavy atom. The van der Waals surface area contributed by atoms with Crippen LogP contribution in [0.1, 0.15) is 24.8 Å². The van der Waals surface area contributed by atoms with Gasteiger partial charge in [-0.3, -0.25) is 4.79 Å². The third kappa shape index (κ3) is 3.67. The zero-order chi connectivity index (χ0) is 16.9. The Bertz CT molecular complexity index is 739. The predicted octanol–water partition coefficient (Wildman–Crippen LogP) is 2.43. The van der Waals surface area contributed by atoms with Crippen molar-refractivity contribution in [3.8, 4) is 0 Å². The molecule has 1 fully saturated rings. The molecule has 2 aromatic carbocycles. The van der Waals surface area contributed by atoms with Gasteiger partial charge in [0.25, 0.3) is 0 Å². The SMILES string of the molecule is NC(=O)NCC1CCCCN1C(=O)Cc1cccc2ccccc12. The molecule has 2 aromatic rings. The summed E-state index contributed by atoms with van der Waals surface area (Å²) in [6.07, 6.45) is 3.37. The number of nitrogens with two attached hydrogens (primary N) is 1. The first-order chi connectivity index (χ1) is 11.6. The van der Waals surface area contributed by atoms with E-state index in [1.807, 2.05) is 29.2 Å². The average molecular weight is 325 g/mol. The zero-order valence-electron chi connectivity index (χ0n) is 13.7. The third-order valence-corrected chi connectivity index (χ3v) is 4.68. The molecule has 1 saturated heterocycles. The number of nitrogens with zero attached hydrogens (tertiary/aromatic N) is 1. The lowest BCUT2D eigenvalue weighted by molar-refractivity contribution is -0.134. The molecule has 1 aliphatic rings. The number of urea groups is 1. The summed E-state index contributed by atoms with van der Waals surface area (Å²) in [5, 5.41) is 4.91. The Labute approximate surface area is 141 Å². The summed E-state index contributed by atoms with van der Waals surface area (Å²) in [5.74, 6) is 0.113. The number of primary amides is 1. The Hall–Kier alpha value is -2.56. The summed E-state index contributed by atoms with van der Waals surface area (Å²) >= 11 is 0. The molecule has 0 aliphatic carbocycles. The summed E-state index contributed by atoms with van der Waals surface area (Å²) in [4.78, 5) is 25.7. The van der Waals surface area contributed by atoms with Crippen molar-refractivity contribution in [1.29, 1.82) is 0 Å². The number of benzene rings is 2. The largest absolute Gasteiger partial charge is 0.352 e. The molecule has 0 aromatic heterocycles. The maximum absolute atomic E-state index is 12.8. The molecule has 0 saturated carbocycles. The molecule has 5 nitrogen and oxygen atoms in total. The first kappa shape index (κ1) is 16.3. The van der Waals surface area contributed by atoms with E-state index in [2.05, 4.69) is 23.5 Å². The van der Waals surface area contributed by atoms with Gasteiger partial charge in [-0.1, -0.05) is 42.5 Å². The Morgan fingerprint density at radius 3 is 2.75 bits per heavy atom. The molecule has 126 valence electrons. The highest BCUT2D eigenvalue weighted by Crippen LogP contribution is 2.22. The smallest absolute Gasteiger partial charge is 0.312 e. The number of carbonyl (C=O) groups excluding carboxylic acids is 2. The Kier molecular flexibility index (Phi) is 4.99. The van der Waals surface area contributed by atoms with Crippen LogP contribution >= 0.6 is 0 Å². The molecule has 1 atom stereocenters. The second-order valence-electron chi connectivity index (χ2n) is 6.30. The molecule has 0 bridgehead atoms. The van der Waals surface area contributed by atoms with E-state index in [9.17, 15) is 9.59 Å². The van der Waals surface area contributed by atoms with Gasteiger partial charge in [-0.2, -0.15) is 0 Å². The minimum Gasteiger partial charge on any atom is -0.352 e. The summed E-state index contributed by atoms with van der Waals surface area (Å²) in [6.45, 7) is 1.17. The maximum Gasteiger partial charge on any atom is 0.312 e. The number of fused-ring (bicyclic) bond motifs is 1. The highest BCUT2D eigenvalue weighted by Gasteiger charge is 2.27. The molecule has 3 rings (SSSR count). The second-order valence-corrected chi connectivity index (χ2v) is 6.30. The first-order valence-corrected chi connectivity index (χ1v) is 8.44. The van der Waals surface area contributed by atoms with Crippen LogP contribution in [0, 0.1) is 0 Å². The average Bonchev–Trinajstić information content (AvgIpc) is 2.60. The van der Waals surface area contributed by atoms with Crippen molar-refractivity contribution < 1.29 is 9.59 Å². The minimum absolute atomic E-state index is 0.0359. The van der Waals surface area contributed by atoms with Gasteiger partial charge in [0.05, 0.1) is 6.42 Å². The van der Waals surface area contributed by atoms with E-state index in [0.717, 1.165) is 42.1 Å². The van der Waals surface area contributed by atoms with Crippen LogP contribution in [0.2, 0.25) is 0 Å². The summed E-state index contributed by atoms with van der Waals surface area (Å²) in [7, 11) is 0. The summed E-state index contributed by atoms with van der Waals surface area (Å²) < 4.78 is 0. The van der Waals surface area contributed by atoms with Gasteiger partial charge in [-0.15, -0.1) is 0 Å². The summed E-state index contributed by atoms with van der Waals surface area (Å²) in [5.41, 5.74) is 6.21. The molecular formula is C19H23N3O2. The molecule has 1 unspecified atom stereocenters. The molecule has 3 amide bonds. The molecular weight excluding hydrogens is 302 g/mol. The van der Waals surface area contributed by atoms with E-state index in [-0.39, 0.29) is 11.9 Å². The van der Waals surface area contributed by atoms with Gasteiger partial charge < -0.3 is 16.0 Å². The number of likely N-dealkylation sites (tertiary alicyclic amines) is 1. The minimum atomic E-state index is -0.540. The van der Waals surface area contributed by atoms with Crippen LogP contribution in [0.15, 0.2) is 42.5 Å². The number of hydrogen-bond donors (Lipinski definition) is 2. The second kappa shape index (κ2) is 7.34. The lowest BCUT2D eigenvalue weighted by atomic mass is 9.98. The van der Waals surface area contributed by atoms with Crippen molar-refractivity contribution in [3.63, 3.8) is 0 Å². The van der Waals surface area contributed by atoms with Gasteiger partial charge in [0.2, 0.25) is 5.91 Å². The van der Waals surface area contributed by atoms with E-state index in [0.29, 0.717) is 13.0 Å². The van der Waals surface area contributed by atoms with Crippen molar-refractivity contribution >= 4 is 22.7 Å². The van der Waals surface area contributed by atoms with Gasteiger partial charge in [0.1, 0.15) is 0 Å². The lowest BCUT2D eigenvalue weighted by Gasteiger charge is -2.36. The molecule has 24 heavy (non-hydrogen) atoms. The Balaban J connectivity index is 1.75. The monoisotopic (exact) mass is 325 g/mol. The van der Waals surface area contributed by atoms with Gasteiger partial charge in [-0.05, 0) is 35.6 Å². The van der Waals surface area contributed by atoms with Crippen molar-refractivity contribution in [2.45, 2.75) is 31.7 Å². The lowest BCUT2D eigenvalue weighted by Crippen LogP contribution is -2.50. The third-order valence-electron chi connectivity index (χ3n) is 4.68. The number of piperidine rings is 1. The standard InChI is InChI=1S/C19H23N3O2/c20-19(24)21-13-16-9-3-4-11-22(16)18(23)12-15-8-5-7-14-6-1-2-10-17(14)15/h1-2,5-8,10,16H,3-4,9,11-13H2,(H3,20,21,24). The van der Waals surface area contributed by atoms with E-state index in [1.54, 1.807) is 0 Å². The number of amides is 3. The molecule has 0 radical (unpaired) electrons. The number of hydrogen-bond acceptors (Lipinski definition) is 2. The predicted molar refractivity (Wildman–Crippen MR) is 94.6 cm³/mol. The highest BCUT2D eigenvalue weighted by molar-refractivity contribution is 5.90. The van der Waals surface area contributed by atoms with Gasteiger partial charge in [-0.25, -0.2) is 4.79 Å². The van der Waals surface area contributed by atoms with Crippen LogP contribution in [-0.4, -0.2) is 36.0 Å². The summed E-state index contributed by atoms with van der Waals surface area (Å²) in [6, 6.07) is 13.7. The molecule has 0 spiro atoms. The van der Waals surface area contributed by atoms with Crippen LogP contribution in [0.4, 0.5) is 4.79 Å². The number of rotatable bonds is 4. The fraction of sp³-hybridized carbons (Fsp3) is 0.368. The van der Waals surface area contributed by atoms with Crippen molar-refractivity contribution in [1.82, 2.24) is 10.2 Å². The van der Waals surface area contributed by atoms with Gasteiger partial charge in [0, 0.05) is 19.1 Å². The quantitative estimate of drug-likeness (QED) is 0.906. The van der Waals surface area contributed by atoms with E-state index < -0.39 is 6.03 Å². The zero-order valence-corrected chi connectivity index (χ0v) is 13.7. The molecule has 1 heterocycles. The van der Waals surface area contributed by atoms with Crippen LogP contribution in [0.25, 0.3) is 10.8 Å². The van der Waals surface area contributed by atoms with Crippen molar-refractivity contribution in [3.05, 3.63) is 48.0 Å². The van der Waals surface area contributed by atoms with E-state index in [4.69, 9.17) is 5.73 Å². The van der Waals surface area contributed by atoms with Crippen LogP contribution in [0.5, 0.6) is 0 Å². The maximum atomic E-state index is 12.8. The fourth-order valence-electron chi connectivity index (χ4n) is 3.47. The van der Waals surface area contributed by atoms with Crippen LogP contribution in [0.3, 0.4) is 0 Å². The number of nitrogens with one attached hydrogen (secondary N) is 1. The normalized spacial score (nSPS) is 17.7. The van der Waals surface area contributed by atoms with Crippen molar-refractivity contribution in [2.75, 3.05) is 13.1 Å². The van der Waals surface area contributed by atoms with E-state index >= 15 is 0 Å².